The summed E-state index contributed by atoms with van der Waals surface area (Å²) >= 11 is 0. The molecule has 1 fully saturated rings. The fourth-order valence-corrected chi connectivity index (χ4v) is 2.83. The van der Waals surface area contributed by atoms with Gasteiger partial charge in [-0.05, 0) is 37.5 Å². The number of nitrogens with one attached hydrogen (secondary N) is 2. The van der Waals surface area contributed by atoms with Gasteiger partial charge in [0.1, 0.15) is 5.76 Å². The number of hydrogen-bond donors (Lipinski definition) is 2. The van der Waals surface area contributed by atoms with E-state index in [0.29, 0.717) is 6.54 Å². The molecule has 0 saturated carbocycles. The third kappa shape index (κ3) is 6.64. The first kappa shape index (κ1) is 20.8. The van der Waals surface area contributed by atoms with Crippen molar-refractivity contribution < 1.29 is 9.15 Å². The molecule has 3 heterocycles. The van der Waals surface area contributed by atoms with Crippen molar-refractivity contribution in [3.63, 3.8) is 0 Å². The first-order valence-corrected chi connectivity index (χ1v) is 8.94. The van der Waals surface area contributed by atoms with Crippen LogP contribution in [0.15, 0.2) is 40.1 Å². The molecule has 1 aliphatic rings. The van der Waals surface area contributed by atoms with Crippen molar-refractivity contribution in [2.24, 2.45) is 12.0 Å². The van der Waals surface area contributed by atoms with Gasteiger partial charge in [-0.25, -0.2) is 4.99 Å². The zero-order valence-electron chi connectivity index (χ0n) is 15.2. The van der Waals surface area contributed by atoms with E-state index in [9.17, 15) is 0 Å². The quantitative estimate of drug-likeness (QED) is 0.367. The molecule has 1 saturated heterocycles. The summed E-state index contributed by atoms with van der Waals surface area (Å²) in [5.74, 6) is 1.76. The van der Waals surface area contributed by atoms with E-state index in [1.165, 1.54) is 12.8 Å². The molecule has 144 valence electrons. The first-order chi connectivity index (χ1) is 12.3. The van der Waals surface area contributed by atoms with Crippen LogP contribution < -0.4 is 10.6 Å². The summed E-state index contributed by atoms with van der Waals surface area (Å²) in [6, 6.07) is 5.87. The third-order valence-corrected chi connectivity index (χ3v) is 4.34. The minimum Gasteiger partial charge on any atom is -0.469 e. The van der Waals surface area contributed by atoms with Crippen molar-refractivity contribution in [1.29, 1.82) is 0 Å². The maximum Gasteiger partial charge on any atom is 0.191 e. The maximum absolute atomic E-state index is 5.79. The van der Waals surface area contributed by atoms with Gasteiger partial charge in [-0.15, -0.1) is 24.0 Å². The molecule has 8 heteroatoms. The summed E-state index contributed by atoms with van der Waals surface area (Å²) in [6.45, 7) is 2.98. The number of nitrogens with zero attached hydrogens (tertiary/aromatic N) is 3. The first-order valence-electron chi connectivity index (χ1n) is 8.94. The van der Waals surface area contributed by atoms with Crippen molar-refractivity contribution in [2.45, 2.75) is 38.3 Å². The Bertz CT molecular complexity index is 650. The Kier molecular flexibility index (Phi) is 8.96. The molecular weight excluding hydrogens is 445 g/mol. The highest BCUT2D eigenvalue weighted by Crippen LogP contribution is 2.11. The van der Waals surface area contributed by atoms with Crippen LogP contribution in [0.4, 0.5) is 0 Å². The number of guanidine groups is 1. The van der Waals surface area contributed by atoms with Gasteiger partial charge < -0.3 is 19.8 Å². The molecule has 3 rings (SSSR count). The van der Waals surface area contributed by atoms with E-state index in [-0.39, 0.29) is 30.1 Å². The van der Waals surface area contributed by atoms with Gasteiger partial charge in [0.15, 0.2) is 5.96 Å². The second-order valence-electron chi connectivity index (χ2n) is 6.24. The fraction of sp³-hybridized carbons (Fsp3) is 0.556. The van der Waals surface area contributed by atoms with Crippen molar-refractivity contribution >= 4 is 29.9 Å². The molecule has 0 bridgehead atoms. The van der Waals surface area contributed by atoms with Crippen LogP contribution >= 0.6 is 24.0 Å². The Labute approximate surface area is 171 Å². The average Bonchev–Trinajstić information content (AvgIpc) is 3.29. The summed E-state index contributed by atoms with van der Waals surface area (Å²) < 4.78 is 13.0. The van der Waals surface area contributed by atoms with Crippen molar-refractivity contribution in [1.82, 2.24) is 20.4 Å². The number of aromatic nitrogens is 2. The standard InChI is InChI=1S/C18H27N5O2.HI/c1-23-15(7-10-22-23)13-20-18(19-9-8-16-6-4-12-24-16)21-14-17-5-2-3-11-25-17;/h4,6-7,10,12,17H,2-3,5,8-9,11,13-14H2,1H3,(H2,19,20,21);1H. The highest BCUT2D eigenvalue weighted by molar-refractivity contribution is 14.0. The number of furan rings is 1. The second kappa shape index (κ2) is 11.2. The molecule has 1 atom stereocenters. The molecule has 26 heavy (non-hydrogen) atoms. The fourth-order valence-electron chi connectivity index (χ4n) is 2.83. The number of ether oxygens (including phenoxy) is 1. The van der Waals surface area contributed by atoms with Gasteiger partial charge in [-0.3, -0.25) is 4.68 Å². The summed E-state index contributed by atoms with van der Waals surface area (Å²) in [5.41, 5.74) is 1.07. The molecule has 0 spiro atoms. The highest BCUT2D eigenvalue weighted by atomic mass is 127. The Morgan fingerprint density at radius 2 is 2.27 bits per heavy atom. The predicted molar refractivity (Wildman–Crippen MR) is 112 cm³/mol. The third-order valence-electron chi connectivity index (χ3n) is 4.34. The molecule has 1 aliphatic heterocycles. The average molecular weight is 473 g/mol. The van der Waals surface area contributed by atoms with Gasteiger partial charge in [0.25, 0.3) is 0 Å². The van der Waals surface area contributed by atoms with Crippen LogP contribution in [0.3, 0.4) is 0 Å². The monoisotopic (exact) mass is 473 g/mol. The van der Waals surface area contributed by atoms with Gasteiger partial charge in [0.05, 0.1) is 24.6 Å². The minimum absolute atomic E-state index is 0. The van der Waals surface area contributed by atoms with Crippen LogP contribution in [0.2, 0.25) is 0 Å². The van der Waals surface area contributed by atoms with Gasteiger partial charge in [-0.1, -0.05) is 0 Å². The Morgan fingerprint density at radius 1 is 1.35 bits per heavy atom. The molecule has 2 aromatic heterocycles. The summed E-state index contributed by atoms with van der Waals surface area (Å²) in [4.78, 5) is 4.68. The van der Waals surface area contributed by atoms with Crippen LogP contribution in [0.1, 0.15) is 30.7 Å². The van der Waals surface area contributed by atoms with E-state index in [4.69, 9.17) is 9.15 Å². The molecule has 2 N–H and O–H groups in total. The van der Waals surface area contributed by atoms with Crippen LogP contribution in [0.5, 0.6) is 0 Å². The highest BCUT2D eigenvalue weighted by Gasteiger charge is 2.14. The molecule has 0 aromatic carbocycles. The summed E-state index contributed by atoms with van der Waals surface area (Å²) in [7, 11) is 1.93. The Balaban J connectivity index is 0.00000243. The minimum atomic E-state index is 0. The largest absolute Gasteiger partial charge is 0.469 e. The van der Waals surface area contributed by atoms with Crippen molar-refractivity contribution in [3.05, 3.63) is 42.1 Å². The Hall–Kier alpha value is -1.55. The normalized spacial score (nSPS) is 17.6. The summed E-state index contributed by atoms with van der Waals surface area (Å²) in [6.07, 6.45) is 8.08. The number of hydrogen-bond acceptors (Lipinski definition) is 4. The van der Waals surface area contributed by atoms with Gasteiger partial charge in [0, 0.05) is 39.4 Å². The molecule has 1 unspecified atom stereocenters. The molecular formula is C18H28IN5O2. The van der Waals surface area contributed by atoms with Crippen LogP contribution in [0, 0.1) is 0 Å². The van der Waals surface area contributed by atoms with Crippen LogP contribution in [-0.4, -0.2) is 41.5 Å². The molecule has 0 amide bonds. The lowest BCUT2D eigenvalue weighted by Gasteiger charge is -2.23. The van der Waals surface area contributed by atoms with E-state index in [0.717, 1.165) is 50.0 Å². The van der Waals surface area contributed by atoms with Crippen molar-refractivity contribution in [3.8, 4) is 0 Å². The number of aryl methyl sites for hydroxylation is 1. The van der Waals surface area contributed by atoms with Crippen LogP contribution in [-0.2, 0) is 24.8 Å². The second-order valence-corrected chi connectivity index (χ2v) is 6.24. The zero-order valence-corrected chi connectivity index (χ0v) is 17.5. The number of aliphatic imine (C=N–C) groups is 1. The smallest absolute Gasteiger partial charge is 0.191 e. The SMILES string of the molecule is Cn1nccc1CN=C(NCCc1ccco1)NCC1CCCCO1.I. The van der Waals surface area contributed by atoms with Crippen molar-refractivity contribution in [2.75, 3.05) is 19.7 Å². The lowest BCUT2D eigenvalue weighted by Crippen LogP contribution is -2.43. The maximum atomic E-state index is 5.79. The van der Waals surface area contributed by atoms with E-state index < -0.39 is 0 Å². The molecule has 7 nitrogen and oxygen atoms in total. The van der Waals surface area contributed by atoms with E-state index in [1.807, 2.05) is 29.9 Å². The van der Waals surface area contributed by atoms with Gasteiger partial charge >= 0.3 is 0 Å². The lowest BCUT2D eigenvalue weighted by molar-refractivity contribution is 0.0194. The van der Waals surface area contributed by atoms with E-state index in [2.05, 4.69) is 20.7 Å². The predicted octanol–water partition coefficient (Wildman–Crippen LogP) is 2.48. The lowest BCUT2D eigenvalue weighted by atomic mass is 10.1. The zero-order chi connectivity index (χ0) is 17.3. The summed E-state index contributed by atoms with van der Waals surface area (Å²) in [5, 5.41) is 11.0. The van der Waals surface area contributed by atoms with E-state index in [1.54, 1.807) is 12.5 Å². The number of rotatable bonds is 7. The number of halogens is 1. The molecule has 0 aliphatic carbocycles. The topological polar surface area (TPSA) is 76.6 Å². The van der Waals surface area contributed by atoms with Crippen LogP contribution in [0.25, 0.3) is 0 Å². The molecule has 0 radical (unpaired) electrons. The van der Waals surface area contributed by atoms with Gasteiger partial charge in [0.2, 0.25) is 0 Å². The van der Waals surface area contributed by atoms with E-state index >= 15 is 0 Å². The van der Waals surface area contributed by atoms with Gasteiger partial charge in [-0.2, -0.15) is 5.10 Å². The Morgan fingerprint density at radius 3 is 2.96 bits per heavy atom. The molecule has 2 aromatic rings.